The summed E-state index contributed by atoms with van der Waals surface area (Å²) in [6.07, 6.45) is 5.86. The van der Waals surface area contributed by atoms with Crippen LogP contribution in [-0.2, 0) is 0 Å². The van der Waals surface area contributed by atoms with E-state index in [1.807, 2.05) is 18.2 Å². The van der Waals surface area contributed by atoms with Crippen LogP contribution >= 0.6 is 11.8 Å². The molecule has 1 aromatic heterocycles. The van der Waals surface area contributed by atoms with Gasteiger partial charge in [-0.15, -0.1) is 0 Å². The van der Waals surface area contributed by atoms with Crippen molar-refractivity contribution < 1.29 is 4.39 Å². The number of pyridine rings is 1. The highest BCUT2D eigenvalue weighted by Gasteiger charge is 2.31. The molecule has 4 rings (SSSR count). The highest BCUT2D eigenvalue weighted by Crippen LogP contribution is 2.36. The van der Waals surface area contributed by atoms with Crippen LogP contribution in [0.4, 0.5) is 10.1 Å². The minimum atomic E-state index is -0.381. The molecule has 0 saturated heterocycles. The van der Waals surface area contributed by atoms with Crippen LogP contribution in [0.25, 0.3) is 0 Å². The van der Waals surface area contributed by atoms with Gasteiger partial charge in [-0.1, -0.05) is 11.8 Å². The number of halogens is 1. The number of hydrogen-bond donors (Lipinski definition) is 2. The van der Waals surface area contributed by atoms with Gasteiger partial charge in [0.05, 0.1) is 0 Å². The first-order chi connectivity index (χ1) is 12.1. The van der Waals surface area contributed by atoms with Crippen molar-refractivity contribution in [3.05, 3.63) is 59.8 Å². The summed E-state index contributed by atoms with van der Waals surface area (Å²) in [5.41, 5.74) is 15.2. The molecule has 2 heterocycles. The van der Waals surface area contributed by atoms with Gasteiger partial charge in [-0.3, -0.25) is 9.88 Å². The third-order valence-electron chi connectivity index (χ3n) is 4.43. The normalized spacial score (nSPS) is 19.8. The molecule has 1 atom stereocenters. The molecule has 0 saturated carbocycles. The lowest BCUT2D eigenvalue weighted by atomic mass is 10.1. The monoisotopic (exact) mass is 355 g/mol. The summed E-state index contributed by atoms with van der Waals surface area (Å²) in [5, 5.41) is 0. The van der Waals surface area contributed by atoms with Crippen LogP contribution in [0.5, 0.6) is 0 Å². The van der Waals surface area contributed by atoms with Gasteiger partial charge in [0.25, 0.3) is 0 Å². The Morgan fingerprint density at radius 3 is 2.72 bits per heavy atom. The van der Waals surface area contributed by atoms with Crippen molar-refractivity contribution >= 4 is 23.4 Å². The molecule has 2 aliphatic rings. The number of aromatic nitrogens is 1. The number of rotatable bonds is 3. The zero-order valence-corrected chi connectivity index (χ0v) is 14.3. The van der Waals surface area contributed by atoms with E-state index in [0.717, 1.165) is 35.4 Å². The minimum Gasteiger partial charge on any atom is -0.369 e. The molecule has 4 N–H and O–H groups in total. The molecule has 2 aromatic rings. The Balaban J connectivity index is 1.62. The second-order valence-electron chi connectivity index (χ2n) is 6.01. The standard InChI is InChI=1S/C18H18FN5S/c19-14-10-11(4-5-16(14)25-12-6-8-22-9-7-12)24-17(20)13-2-1-3-15(13)23-18(24)21/h4-10,17H,1-3,20H2,(H2,21,23). The first-order valence-corrected chi connectivity index (χ1v) is 8.93. The van der Waals surface area contributed by atoms with Gasteiger partial charge in [-0.25, -0.2) is 9.38 Å². The first kappa shape index (κ1) is 16.1. The van der Waals surface area contributed by atoms with Crippen LogP contribution in [-0.4, -0.2) is 17.1 Å². The Morgan fingerprint density at radius 1 is 1.16 bits per heavy atom. The van der Waals surface area contributed by atoms with Crippen molar-refractivity contribution in [1.82, 2.24) is 4.98 Å². The molecule has 0 radical (unpaired) electrons. The summed E-state index contributed by atoms with van der Waals surface area (Å²) in [4.78, 5) is 11.6. The van der Waals surface area contributed by atoms with Crippen LogP contribution in [0.2, 0.25) is 0 Å². The lowest BCUT2D eigenvalue weighted by Crippen LogP contribution is -2.52. The topological polar surface area (TPSA) is 80.5 Å². The van der Waals surface area contributed by atoms with Gasteiger partial charge in [0.2, 0.25) is 5.96 Å². The molecular formula is C18H18FN5S. The Kier molecular flexibility index (Phi) is 4.19. The van der Waals surface area contributed by atoms with Crippen molar-refractivity contribution in [2.24, 2.45) is 16.5 Å². The van der Waals surface area contributed by atoms with E-state index in [1.165, 1.54) is 17.8 Å². The van der Waals surface area contributed by atoms with Crippen molar-refractivity contribution in [1.29, 1.82) is 0 Å². The van der Waals surface area contributed by atoms with Crippen LogP contribution in [0.3, 0.4) is 0 Å². The third-order valence-corrected chi connectivity index (χ3v) is 5.49. The van der Waals surface area contributed by atoms with E-state index in [1.54, 1.807) is 23.4 Å². The predicted octanol–water partition coefficient (Wildman–Crippen LogP) is 3.23. The van der Waals surface area contributed by atoms with E-state index in [-0.39, 0.29) is 12.0 Å². The Morgan fingerprint density at radius 2 is 1.96 bits per heavy atom. The first-order valence-electron chi connectivity index (χ1n) is 8.12. The number of anilines is 1. The summed E-state index contributed by atoms with van der Waals surface area (Å²) < 4.78 is 14.6. The van der Waals surface area contributed by atoms with E-state index in [0.29, 0.717) is 16.5 Å². The van der Waals surface area contributed by atoms with E-state index in [2.05, 4.69) is 9.98 Å². The number of benzene rings is 1. The maximum absolute atomic E-state index is 14.6. The van der Waals surface area contributed by atoms with Crippen molar-refractivity contribution in [2.75, 3.05) is 4.90 Å². The molecule has 1 aliphatic heterocycles. The third kappa shape index (κ3) is 3.01. The molecule has 7 heteroatoms. The number of nitrogens with zero attached hydrogens (tertiary/aromatic N) is 3. The van der Waals surface area contributed by atoms with E-state index in [9.17, 15) is 4.39 Å². The van der Waals surface area contributed by atoms with Crippen molar-refractivity contribution in [2.45, 2.75) is 35.2 Å². The summed E-state index contributed by atoms with van der Waals surface area (Å²) >= 11 is 1.35. The largest absolute Gasteiger partial charge is 0.369 e. The summed E-state index contributed by atoms with van der Waals surface area (Å²) in [6, 6.07) is 8.73. The molecule has 1 aromatic carbocycles. The lowest BCUT2D eigenvalue weighted by Gasteiger charge is -2.34. The second kappa shape index (κ2) is 6.50. The molecule has 25 heavy (non-hydrogen) atoms. The molecule has 0 amide bonds. The van der Waals surface area contributed by atoms with Gasteiger partial charge < -0.3 is 11.5 Å². The Bertz CT molecular complexity index is 865. The fraction of sp³-hybridized carbons (Fsp3) is 0.222. The number of aliphatic imine (C=N–C) groups is 1. The Labute approximate surface area is 149 Å². The quantitative estimate of drug-likeness (QED) is 0.883. The summed E-state index contributed by atoms with van der Waals surface area (Å²) in [6.45, 7) is 0. The molecule has 128 valence electrons. The van der Waals surface area contributed by atoms with E-state index in [4.69, 9.17) is 11.5 Å². The average Bonchev–Trinajstić information content (AvgIpc) is 3.07. The fourth-order valence-corrected chi connectivity index (χ4v) is 4.04. The SMILES string of the molecule is NC1=NC2=C(CCC2)C(N)N1c1ccc(Sc2ccncc2)c(F)c1. The highest BCUT2D eigenvalue weighted by atomic mass is 32.2. The van der Waals surface area contributed by atoms with Gasteiger partial charge in [-0.05, 0) is 55.2 Å². The van der Waals surface area contributed by atoms with Crippen LogP contribution in [0.1, 0.15) is 19.3 Å². The van der Waals surface area contributed by atoms with Crippen molar-refractivity contribution in [3.8, 4) is 0 Å². The average molecular weight is 355 g/mol. The maximum atomic E-state index is 14.6. The maximum Gasteiger partial charge on any atom is 0.202 e. The molecule has 1 unspecified atom stereocenters. The lowest BCUT2D eigenvalue weighted by molar-refractivity contribution is 0.601. The van der Waals surface area contributed by atoms with Gasteiger partial charge in [0.1, 0.15) is 12.0 Å². The smallest absolute Gasteiger partial charge is 0.202 e. The second-order valence-corrected chi connectivity index (χ2v) is 7.13. The summed E-state index contributed by atoms with van der Waals surface area (Å²) in [7, 11) is 0. The van der Waals surface area contributed by atoms with Gasteiger partial charge in [0.15, 0.2) is 0 Å². The van der Waals surface area contributed by atoms with Crippen LogP contribution < -0.4 is 16.4 Å². The minimum absolute atomic E-state index is 0.314. The molecule has 5 nitrogen and oxygen atoms in total. The molecule has 0 fully saturated rings. The molecular weight excluding hydrogens is 337 g/mol. The van der Waals surface area contributed by atoms with Crippen LogP contribution in [0, 0.1) is 5.82 Å². The van der Waals surface area contributed by atoms with E-state index >= 15 is 0 Å². The number of nitrogens with two attached hydrogens (primary N) is 2. The Hall–Kier alpha value is -2.38. The zero-order chi connectivity index (χ0) is 17.4. The van der Waals surface area contributed by atoms with Gasteiger partial charge >= 0.3 is 0 Å². The number of guanidine groups is 1. The van der Waals surface area contributed by atoms with E-state index < -0.39 is 0 Å². The summed E-state index contributed by atoms with van der Waals surface area (Å²) in [5.74, 6) is 0.00703. The highest BCUT2D eigenvalue weighted by molar-refractivity contribution is 7.99. The number of hydrogen-bond acceptors (Lipinski definition) is 6. The van der Waals surface area contributed by atoms with Crippen molar-refractivity contribution in [3.63, 3.8) is 0 Å². The molecule has 0 spiro atoms. The zero-order valence-electron chi connectivity index (χ0n) is 13.5. The number of allylic oxidation sites excluding steroid dienone is 1. The fourth-order valence-electron chi connectivity index (χ4n) is 3.24. The van der Waals surface area contributed by atoms with Gasteiger partial charge in [-0.2, -0.15) is 0 Å². The molecule has 1 aliphatic carbocycles. The van der Waals surface area contributed by atoms with Crippen LogP contribution in [0.15, 0.2) is 68.8 Å². The van der Waals surface area contributed by atoms with Gasteiger partial charge in [0, 0.05) is 33.6 Å². The predicted molar refractivity (Wildman–Crippen MR) is 97.7 cm³/mol. The molecule has 0 bridgehead atoms.